The predicted octanol–water partition coefficient (Wildman–Crippen LogP) is 1.37. The van der Waals surface area contributed by atoms with E-state index in [9.17, 15) is 8.42 Å². The Labute approximate surface area is 108 Å². The second-order valence-electron chi connectivity index (χ2n) is 5.25. The Kier molecular flexibility index (Phi) is 3.77. The maximum atomic E-state index is 11.4. The molecule has 2 N–H and O–H groups in total. The van der Waals surface area contributed by atoms with Crippen molar-refractivity contribution in [2.24, 2.45) is 11.7 Å². The van der Waals surface area contributed by atoms with Crippen molar-refractivity contribution in [3.63, 3.8) is 0 Å². The predicted molar refractivity (Wildman–Crippen MR) is 70.0 cm³/mol. The van der Waals surface area contributed by atoms with Crippen LogP contribution in [0.1, 0.15) is 38.6 Å². The van der Waals surface area contributed by atoms with Gasteiger partial charge in [-0.05, 0) is 25.2 Å². The Bertz CT molecular complexity index is 509. The molecule has 5 nitrogen and oxygen atoms in total. The van der Waals surface area contributed by atoms with Crippen LogP contribution >= 0.6 is 0 Å². The largest absolute Gasteiger partial charge is 0.326 e. The highest BCUT2D eigenvalue weighted by atomic mass is 32.2. The molecule has 0 spiro atoms. The summed E-state index contributed by atoms with van der Waals surface area (Å²) in [5.41, 5.74) is 6.14. The van der Waals surface area contributed by atoms with E-state index in [1.807, 2.05) is 0 Å². The number of sulfone groups is 1. The van der Waals surface area contributed by atoms with E-state index in [1.165, 1.54) is 12.5 Å². The Morgan fingerprint density at radius 2 is 2.22 bits per heavy atom. The molecule has 1 saturated carbocycles. The summed E-state index contributed by atoms with van der Waals surface area (Å²) in [6, 6.07) is 0.194. The molecule has 1 aromatic rings. The van der Waals surface area contributed by atoms with Gasteiger partial charge in [-0.15, -0.1) is 0 Å². The smallest absolute Gasteiger partial charge is 0.178 e. The van der Waals surface area contributed by atoms with E-state index in [0.29, 0.717) is 5.92 Å². The molecule has 0 bridgehead atoms. The van der Waals surface area contributed by atoms with Crippen molar-refractivity contribution in [3.05, 3.63) is 12.4 Å². The lowest BCUT2D eigenvalue weighted by molar-refractivity contribution is 0.217. The third kappa shape index (κ3) is 2.75. The van der Waals surface area contributed by atoms with Gasteiger partial charge in [0.25, 0.3) is 0 Å². The highest BCUT2D eigenvalue weighted by Gasteiger charge is 2.29. The van der Waals surface area contributed by atoms with Crippen molar-refractivity contribution in [2.75, 3.05) is 6.26 Å². The first kappa shape index (κ1) is 13.5. The van der Waals surface area contributed by atoms with Crippen LogP contribution in [0.3, 0.4) is 0 Å². The molecule has 1 aliphatic rings. The molecule has 1 heterocycles. The van der Waals surface area contributed by atoms with Crippen LogP contribution < -0.4 is 5.73 Å². The van der Waals surface area contributed by atoms with Crippen LogP contribution in [0.15, 0.2) is 17.3 Å². The zero-order valence-corrected chi connectivity index (χ0v) is 11.7. The fourth-order valence-electron chi connectivity index (χ4n) is 2.62. The monoisotopic (exact) mass is 271 g/mol. The van der Waals surface area contributed by atoms with E-state index in [0.717, 1.165) is 25.7 Å². The van der Waals surface area contributed by atoms with E-state index in [4.69, 9.17) is 5.73 Å². The Morgan fingerprint density at radius 1 is 1.50 bits per heavy atom. The third-order valence-corrected chi connectivity index (χ3v) is 4.97. The Hall–Kier alpha value is -0.880. The molecule has 1 aromatic heterocycles. The van der Waals surface area contributed by atoms with Crippen LogP contribution in [-0.4, -0.2) is 30.5 Å². The topological polar surface area (TPSA) is 78.0 Å². The summed E-state index contributed by atoms with van der Waals surface area (Å²) in [5, 5.41) is 4.18. The van der Waals surface area contributed by atoms with E-state index >= 15 is 0 Å². The van der Waals surface area contributed by atoms with Gasteiger partial charge in [0.1, 0.15) is 4.90 Å². The molecule has 0 aliphatic heterocycles. The lowest BCUT2D eigenvalue weighted by atomic mass is 9.81. The molecule has 18 heavy (non-hydrogen) atoms. The summed E-state index contributed by atoms with van der Waals surface area (Å²) in [7, 11) is -3.18. The van der Waals surface area contributed by atoms with Crippen molar-refractivity contribution in [1.29, 1.82) is 0 Å². The number of aromatic nitrogens is 2. The summed E-state index contributed by atoms with van der Waals surface area (Å²) in [5.74, 6) is 0.667. The molecular weight excluding hydrogens is 250 g/mol. The normalized spacial score (nSPS) is 29.4. The molecule has 2 rings (SSSR count). The van der Waals surface area contributed by atoms with Gasteiger partial charge in [0.2, 0.25) is 0 Å². The first-order valence-electron chi connectivity index (χ1n) is 6.41. The number of hydrogen-bond donors (Lipinski definition) is 1. The highest BCUT2D eigenvalue weighted by molar-refractivity contribution is 7.90. The van der Waals surface area contributed by atoms with Gasteiger partial charge in [0, 0.05) is 18.5 Å². The molecule has 3 unspecified atom stereocenters. The van der Waals surface area contributed by atoms with E-state index < -0.39 is 9.84 Å². The second kappa shape index (κ2) is 5.01. The second-order valence-corrected chi connectivity index (χ2v) is 7.26. The number of hydrogen-bond acceptors (Lipinski definition) is 4. The zero-order valence-electron chi connectivity index (χ0n) is 10.9. The fraction of sp³-hybridized carbons (Fsp3) is 0.750. The standard InChI is InChI=1S/C12H21N3O2S/c1-3-9-4-5-11(13)12(6-9)15-8-10(7-14-15)18(2,16)17/h7-9,11-12H,3-6,13H2,1-2H3. The van der Waals surface area contributed by atoms with Crippen LogP contribution in [0, 0.1) is 5.92 Å². The van der Waals surface area contributed by atoms with Gasteiger partial charge in [-0.25, -0.2) is 8.42 Å². The average Bonchev–Trinajstić information content (AvgIpc) is 2.78. The zero-order chi connectivity index (χ0) is 13.3. The van der Waals surface area contributed by atoms with E-state index in [1.54, 1.807) is 10.9 Å². The van der Waals surface area contributed by atoms with Crippen molar-refractivity contribution < 1.29 is 8.42 Å². The van der Waals surface area contributed by atoms with Crippen LogP contribution in [-0.2, 0) is 9.84 Å². The maximum absolute atomic E-state index is 11.4. The SMILES string of the molecule is CCC1CCC(N)C(n2cc(S(C)(=O)=O)cn2)C1. The van der Waals surface area contributed by atoms with Crippen LogP contribution in [0.5, 0.6) is 0 Å². The van der Waals surface area contributed by atoms with Crippen LogP contribution in [0.2, 0.25) is 0 Å². The number of nitrogens with zero attached hydrogens (tertiary/aromatic N) is 2. The summed E-state index contributed by atoms with van der Waals surface area (Å²) in [6.45, 7) is 2.18. The molecular formula is C12H21N3O2S. The first-order chi connectivity index (χ1) is 8.41. The summed E-state index contributed by atoms with van der Waals surface area (Å²) in [6.07, 6.45) is 8.50. The van der Waals surface area contributed by atoms with Gasteiger partial charge in [0.15, 0.2) is 9.84 Å². The molecule has 3 atom stereocenters. The van der Waals surface area contributed by atoms with Gasteiger partial charge in [-0.1, -0.05) is 13.3 Å². The van der Waals surface area contributed by atoms with Gasteiger partial charge in [-0.2, -0.15) is 5.10 Å². The summed E-state index contributed by atoms with van der Waals surface area (Å²) in [4.78, 5) is 0.272. The maximum Gasteiger partial charge on any atom is 0.178 e. The van der Waals surface area contributed by atoms with Gasteiger partial charge in [-0.3, -0.25) is 4.68 Å². The fourth-order valence-corrected chi connectivity index (χ4v) is 3.16. The van der Waals surface area contributed by atoms with Crippen molar-refractivity contribution >= 4 is 9.84 Å². The minimum absolute atomic E-state index is 0.0695. The van der Waals surface area contributed by atoms with Crippen LogP contribution in [0.25, 0.3) is 0 Å². The quantitative estimate of drug-likeness (QED) is 0.900. The highest BCUT2D eigenvalue weighted by Crippen LogP contribution is 2.33. The summed E-state index contributed by atoms with van der Waals surface area (Å²) < 4.78 is 24.6. The molecule has 0 amide bonds. The molecule has 0 radical (unpaired) electrons. The number of nitrogens with two attached hydrogens (primary N) is 1. The van der Waals surface area contributed by atoms with Gasteiger partial charge in [0.05, 0.1) is 12.2 Å². The summed E-state index contributed by atoms with van der Waals surface area (Å²) >= 11 is 0. The van der Waals surface area contributed by atoms with Crippen molar-refractivity contribution in [2.45, 2.75) is 49.6 Å². The van der Waals surface area contributed by atoms with Gasteiger partial charge >= 0.3 is 0 Å². The molecule has 6 heteroatoms. The molecule has 0 saturated heterocycles. The molecule has 1 aliphatic carbocycles. The molecule has 1 fully saturated rings. The lowest BCUT2D eigenvalue weighted by Gasteiger charge is -2.33. The first-order valence-corrected chi connectivity index (χ1v) is 8.30. The lowest BCUT2D eigenvalue weighted by Crippen LogP contribution is -2.38. The molecule has 102 valence electrons. The van der Waals surface area contributed by atoms with Crippen LogP contribution in [0.4, 0.5) is 0 Å². The molecule has 0 aromatic carbocycles. The van der Waals surface area contributed by atoms with Crippen molar-refractivity contribution in [1.82, 2.24) is 9.78 Å². The minimum atomic E-state index is -3.18. The van der Waals surface area contributed by atoms with Gasteiger partial charge < -0.3 is 5.73 Å². The average molecular weight is 271 g/mol. The van der Waals surface area contributed by atoms with E-state index in [2.05, 4.69) is 12.0 Å². The van der Waals surface area contributed by atoms with Crippen molar-refractivity contribution in [3.8, 4) is 0 Å². The van der Waals surface area contributed by atoms with E-state index in [-0.39, 0.29) is 17.0 Å². The number of rotatable bonds is 3. The Morgan fingerprint density at radius 3 is 2.78 bits per heavy atom. The third-order valence-electron chi connectivity index (χ3n) is 3.90. The Balaban J connectivity index is 2.22. The minimum Gasteiger partial charge on any atom is -0.326 e.